The molecule has 10 heteroatoms. The van der Waals surface area contributed by atoms with Crippen molar-refractivity contribution in [3.63, 3.8) is 0 Å². The summed E-state index contributed by atoms with van der Waals surface area (Å²) in [5.41, 5.74) is 12.4. The Morgan fingerprint density at radius 2 is 1.33 bits per heavy atom. The Morgan fingerprint density at radius 1 is 0.818 bits per heavy atom. The molecule has 0 aliphatic rings. The van der Waals surface area contributed by atoms with E-state index in [1.165, 1.54) is 32.2 Å². The van der Waals surface area contributed by atoms with Gasteiger partial charge in [-0.25, -0.2) is 4.79 Å². The number of amides is 2. The highest BCUT2D eigenvalue weighted by Gasteiger charge is 2.16. The smallest absolute Gasteiger partial charge is 0.337 e. The quantitative estimate of drug-likeness (QED) is 0.278. The summed E-state index contributed by atoms with van der Waals surface area (Å²) >= 11 is 0. The molecule has 0 aliphatic heterocycles. The van der Waals surface area contributed by atoms with Crippen LogP contribution in [0, 0.1) is 0 Å². The predicted octanol–water partition coefficient (Wildman–Crippen LogP) is 2.14. The van der Waals surface area contributed by atoms with E-state index in [2.05, 4.69) is 10.6 Å². The zero-order valence-electron chi connectivity index (χ0n) is 18.8. The SMILES string of the molecule is COC(=O)c1ccc(NC(=O)c2ccc(NC(C)=O)c(OCCCN)c2)c(OCCCN)c1. The van der Waals surface area contributed by atoms with Crippen molar-refractivity contribution in [2.75, 3.05) is 44.0 Å². The van der Waals surface area contributed by atoms with Crippen molar-refractivity contribution in [2.24, 2.45) is 11.5 Å². The van der Waals surface area contributed by atoms with Gasteiger partial charge in [0, 0.05) is 12.5 Å². The lowest BCUT2D eigenvalue weighted by molar-refractivity contribution is -0.114. The molecule has 0 unspecified atom stereocenters. The first-order valence-electron chi connectivity index (χ1n) is 10.5. The summed E-state index contributed by atoms with van der Waals surface area (Å²) in [6.07, 6.45) is 1.22. The van der Waals surface area contributed by atoms with Gasteiger partial charge < -0.3 is 36.3 Å². The van der Waals surface area contributed by atoms with E-state index in [1.807, 2.05) is 0 Å². The number of hydrogen-bond acceptors (Lipinski definition) is 8. The minimum absolute atomic E-state index is 0.263. The van der Waals surface area contributed by atoms with E-state index in [1.54, 1.807) is 18.2 Å². The van der Waals surface area contributed by atoms with Gasteiger partial charge in [-0.15, -0.1) is 0 Å². The molecule has 0 radical (unpaired) electrons. The Morgan fingerprint density at radius 3 is 1.85 bits per heavy atom. The molecular formula is C23H30N4O6. The van der Waals surface area contributed by atoms with Crippen LogP contribution in [0.2, 0.25) is 0 Å². The average Bonchev–Trinajstić information content (AvgIpc) is 2.80. The number of esters is 1. The Bertz CT molecular complexity index is 979. The summed E-state index contributed by atoms with van der Waals surface area (Å²) in [5, 5.41) is 5.46. The van der Waals surface area contributed by atoms with E-state index in [4.69, 9.17) is 25.7 Å². The zero-order valence-corrected chi connectivity index (χ0v) is 18.8. The largest absolute Gasteiger partial charge is 0.491 e. The minimum atomic E-state index is -0.524. The summed E-state index contributed by atoms with van der Waals surface area (Å²) in [5.74, 6) is -0.548. The maximum atomic E-state index is 12.9. The lowest BCUT2D eigenvalue weighted by atomic mass is 10.1. The van der Waals surface area contributed by atoms with Gasteiger partial charge in [0.15, 0.2) is 0 Å². The molecule has 178 valence electrons. The minimum Gasteiger partial charge on any atom is -0.491 e. The van der Waals surface area contributed by atoms with Gasteiger partial charge >= 0.3 is 5.97 Å². The number of methoxy groups -OCH3 is 1. The fraction of sp³-hybridized carbons (Fsp3) is 0.348. The van der Waals surface area contributed by atoms with Gasteiger partial charge in [0.1, 0.15) is 11.5 Å². The molecule has 0 aliphatic carbocycles. The first-order chi connectivity index (χ1) is 15.9. The molecule has 2 aromatic carbocycles. The average molecular weight is 459 g/mol. The summed E-state index contributed by atoms with van der Waals surface area (Å²) in [6, 6.07) is 9.28. The maximum Gasteiger partial charge on any atom is 0.337 e. The van der Waals surface area contributed by atoms with E-state index < -0.39 is 11.9 Å². The van der Waals surface area contributed by atoms with E-state index in [-0.39, 0.29) is 11.5 Å². The molecule has 0 bridgehead atoms. The number of nitrogens with one attached hydrogen (secondary N) is 2. The molecule has 2 aromatic rings. The number of carbonyl (C=O) groups excluding carboxylic acids is 3. The van der Waals surface area contributed by atoms with Crippen molar-refractivity contribution in [1.82, 2.24) is 0 Å². The lowest BCUT2D eigenvalue weighted by Crippen LogP contribution is -2.16. The lowest BCUT2D eigenvalue weighted by Gasteiger charge is -2.15. The van der Waals surface area contributed by atoms with Crippen LogP contribution in [0.4, 0.5) is 11.4 Å². The molecule has 0 heterocycles. The summed E-state index contributed by atoms with van der Waals surface area (Å²) in [4.78, 5) is 36.3. The molecule has 0 spiro atoms. The Kier molecular flexibility index (Phi) is 10.1. The van der Waals surface area contributed by atoms with Crippen LogP contribution in [0.25, 0.3) is 0 Å². The van der Waals surface area contributed by atoms with Crippen LogP contribution in [0.1, 0.15) is 40.5 Å². The first-order valence-corrected chi connectivity index (χ1v) is 10.5. The Labute approximate surface area is 192 Å². The highest BCUT2D eigenvalue weighted by Crippen LogP contribution is 2.29. The van der Waals surface area contributed by atoms with Gasteiger partial charge in [0.2, 0.25) is 5.91 Å². The molecule has 0 atom stereocenters. The number of hydrogen-bond donors (Lipinski definition) is 4. The molecule has 2 rings (SSSR count). The Hall–Kier alpha value is -3.63. The van der Waals surface area contributed by atoms with Crippen LogP contribution < -0.4 is 31.6 Å². The molecule has 6 N–H and O–H groups in total. The normalized spacial score (nSPS) is 10.3. The second kappa shape index (κ2) is 13.0. The fourth-order valence-electron chi connectivity index (χ4n) is 2.79. The number of ether oxygens (including phenoxy) is 3. The maximum absolute atomic E-state index is 12.9. The second-order valence-corrected chi connectivity index (χ2v) is 7.03. The van der Waals surface area contributed by atoms with Crippen LogP contribution in [0.5, 0.6) is 11.5 Å². The third-order valence-corrected chi connectivity index (χ3v) is 4.42. The van der Waals surface area contributed by atoms with Crippen molar-refractivity contribution in [3.05, 3.63) is 47.5 Å². The van der Waals surface area contributed by atoms with Gasteiger partial charge in [-0.05, 0) is 62.3 Å². The molecule has 2 amide bonds. The first kappa shape index (κ1) is 25.6. The summed E-state index contributed by atoms with van der Waals surface area (Å²) in [6.45, 7) is 2.92. The molecule has 10 nitrogen and oxygen atoms in total. The fourth-order valence-corrected chi connectivity index (χ4v) is 2.79. The van der Waals surface area contributed by atoms with Crippen LogP contribution in [0.3, 0.4) is 0 Å². The van der Waals surface area contributed by atoms with Crippen molar-refractivity contribution in [3.8, 4) is 11.5 Å². The van der Waals surface area contributed by atoms with E-state index in [0.717, 1.165) is 0 Å². The number of carbonyl (C=O) groups is 3. The predicted molar refractivity (Wildman–Crippen MR) is 125 cm³/mol. The molecule has 33 heavy (non-hydrogen) atoms. The van der Waals surface area contributed by atoms with Crippen LogP contribution >= 0.6 is 0 Å². The van der Waals surface area contributed by atoms with Crippen molar-refractivity contribution >= 4 is 29.2 Å². The molecule has 0 saturated carbocycles. The van der Waals surface area contributed by atoms with E-state index >= 15 is 0 Å². The van der Waals surface area contributed by atoms with Crippen molar-refractivity contribution in [2.45, 2.75) is 19.8 Å². The number of anilines is 2. The molecule has 0 aromatic heterocycles. The van der Waals surface area contributed by atoms with E-state index in [0.29, 0.717) is 67.6 Å². The number of benzene rings is 2. The highest BCUT2D eigenvalue weighted by atomic mass is 16.5. The third kappa shape index (κ3) is 7.78. The van der Waals surface area contributed by atoms with E-state index in [9.17, 15) is 14.4 Å². The highest BCUT2D eigenvalue weighted by molar-refractivity contribution is 6.06. The van der Waals surface area contributed by atoms with Gasteiger partial charge in [-0.2, -0.15) is 0 Å². The molecule has 0 saturated heterocycles. The monoisotopic (exact) mass is 458 g/mol. The summed E-state index contributed by atoms with van der Waals surface area (Å²) < 4.78 is 16.2. The van der Waals surface area contributed by atoms with Crippen LogP contribution in [0.15, 0.2) is 36.4 Å². The van der Waals surface area contributed by atoms with Gasteiger partial charge in [-0.3, -0.25) is 9.59 Å². The number of nitrogens with two attached hydrogens (primary N) is 2. The van der Waals surface area contributed by atoms with Crippen LogP contribution in [-0.2, 0) is 9.53 Å². The summed E-state index contributed by atoms with van der Waals surface area (Å²) in [7, 11) is 1.28. The second-order valence-electron chi connectivity index (χ2n) is 7.03. The van der Waals surface area contributed by atoms with Gasteiger partial charge in [0.25, 0.3) is 5.91 Å². The number of rotatable bonds is 12. The molecular weight excluding hydrogens is 428 g/mol. The standard InChI is InChI=1S/C23H30N4O6/c1-15(28)26-18-7-5-16(13-20(18)32-11-3-9-24)22(29)27-19-8-6-17(23(30)31-2)14-21(19)33-12-4-10-25/h5-8,13-14H,3-4,9-12,24-25H2,1-2H3,(H,26,28)(H,27,29). The van der Waals surface area contributed by atoms with Crippen molar-refractivity contribution in [1.29, 1.82) is 0 Å². The van der Waals surface area contributed by atoms with Gasteiger partial charge in [-0.1, -0.05) is 0 Å². The van der Waals surface area contributed by atoms with Crippen LogP contribution in [-0.4, -0.2) is 51.2 Å². The third-order valence-electron chi connectivity index (χ3n) is 4.42. The topological polar surface area (TPSA) is 155 Å². The van der Waals surface area contributed by atoms with Gasteiger partial charge in [0.05, 0.1) is 37.3 Å². The molecule has 0 fully saturated rings. The Balaban J connectivity index is 2.28. The van der Waals surface area contributed by atoms with Crippen molar-refractivity contribution < 1.29 is 28.6 Å². The zero-order chi connectivity index (χ0) is 24.2.